The molecular formula is C69H135NO13. The first-order chi connectivity index (χ1) is 40.6. The lowest BCUT2D eigenvalue weighted by Gasteiger charge is -2.46. The summed E-state index contributed by atoms with van der Waals surface area (Å²) in [6.07, 6.45) is 48.3. The molecule has 2 saturated heterocycles. The van der Waals surface area contributed by atoms with Crippen molar-refractivity contribution in [2.45, 2.75) is 415 Å². The molecule has 83 heavy (non-hydrogen) atoms. The molecule has 2 rings (SSSR count). The quantitative estimate of drug-likeness (QED) is 0.0259. The van der Waals surface area contributed by atoms with Crippen LogP contribution in [0.15, 0.2) is 0 Å². The van der Waals surface area contributed by atoms with Crippen molar-refractivity contribution < 1.29 is 64.6 Å². The second kappa shape index (κ2) is 55.1. The molecule has 2 aliphatic rings. The van der Waals surface area contributed by atoms with E-state index in [0.29, 0.717) is 12.8 Å². The molecule has 0 spiro atoms. The van der Waals surface area contributed by atoms with Crippen LogP contribution >= 0.6 is 0 Å². The Morgan fingerprint density at radius 2 is 0.687 bits per heavy atom. The van der Waals surface area contributed by atoms with E-state index in [2.05, 4.69) is 19.2 Å². The zero-order valence-electron chi connectivity index (χ0n) is 53.7. The Morgan fingerprint density at radius 1 is 0.386 bits per heavy atom. The van der Waals surface area contributed by atoms with Crippen molar-refractivity contribution >= 4 is 5.91 Å². The van der Waals surface area contributed by atoms with E-state index in [1.165, 1.54) is 263 Å². The summed E-state index contributed by atoms with van der Waals surface area (Å²) in [4.78, 5) is 13.4. The maximum absolute atomic E-state index is 13.4. The maximum atomic E-state index is 13.4. The highest BCUT2D eigenvalue weighted by Crippen LogP contribution is 2.30. The number of aliphatic hydroxyl groups excluding tert-OH is 8. The van der Waals surface area contributed by atoms with Crippen LogP contribution in [0.25, 0.3) is 0 Å². The average molecular weight is 1190 g/mol. The lowest BCUT2D eigenvalue weighted by Crippen LogP contribution is -2.65. The lowest BCUT2D eigenvalue weighted by atomic mass is 9.97. The monoisotopic (exact) mass is 1190 g/mol. The first-order valence-electron chi connectivity index (χ1n) is 35.8. The van der Waals surface area contributed by atoms with Gasteiger partial charge in [0.1, 0.15) is 48.8 Å². The van der Waals surface area contributed by atoms with E-state index in [9.17, 15) is 45.6 Å². The van der Waals surface area contributed by atoms with E-state index in [1.54, 1.807) is 0 Å². The molecule has 14 nitrogen and oxygen atoms in total. The highest BCUT2D eigenvalue weighted by Gasteiger charge is 2.51. The van der Waals surface area contributed by atoms with Crippen molar-refractivity contribution in [3.8, 4) is 0 Å². The van der Waals surface area contributed by atoms with E-state index in [0.717, 1.165) is 51.4 Å². The average Bonchev–Trinajstić information content (AvgIpc) is 3.65. The van der Waals surface area contributed by atoms with Crippen LogP contribution < -0.4 is 5.32 Å². The minimum Gasteiger partial charge on any atom is -0.394 e. The van der Waals surface area contributed by atoms with E-state index < -0.39 is 86.8 Å². The first-order valence-corrected chi connectivity index (χ1v) is 35.8. The largest absolute Gasteiger partial charge is 0.394 e. The van der Waals surface area contributed by atoms with Crippen LogP contribution in [0.1, 0.15) is 341 Å². The van der Waals surface area contributed by atoms with Gasteiger partial charge in [-0.15, -0.1) is 0 Å². The molecule has 0 bridgehead atoms. The number of hydrogen-bond acceptors (Lipinski definition) is 13. The second-order valence-electron chi connectivity index (χ2n) is 25.7. The summed E-state index contributed by atoms with van der Waals surface area (Å²) in [5.41, 5.74) is 0. The van der Waals surface area contributed by atoms with Crippen LogP contribution in [0.5, 0.6) is 0 Å². The van der Waals surface area contributed by atoms with Gasteiger partial charge in [0.15, 0.2) is 12.6 Å². The zero-order valence-corrected chi connectivity index (χ0v) is 53.7. The van der Waals surface area contributed by atoms with Gasteiger partial charge in [0.2, 0.25) is 5.91 Å². The number of ether oxygens (including phenoxy) is 4. The molecule has 12 unspecified atom stereocenters. The SMILES string of the molecule is CCCCCCCCCCCCCCCCCCCCCCCCCCCCCC(=O)NC(COC1OC(CO)C(OC2OC(CO)C(O)C(O)C2O)C(O)C1O)C(O)CCCCCCCCCCCCCCCCCCCCCCCC. The lowest BCUT2D eigenvalue weighted by molar-refractivity contribution is -0.359. The zero-order chi connectivity index (χ0) is 60.2. The number of carbonyl (C=O) groups is 1. The van der Waals surface area contributed by atoms with Gasteiger partial charge in [-0.05, 0) is 12.8 Å². The smallest absolute Gasteiger partial charge is 0.220 e. The molecule has 0 aliphatic carbocycles. The summed E-state index contributed by atoms with van der Waals surface area (Å²) in [5.74, 6) is -0.197. The Morgan fingerprint density at radius 3 is 1.02 bits per heavy atom. The molecule has 0 aromatic rings. The fraction of sp³-hybridized carbons (Fsp3) is 0.986. The van der Waals surface area contributed by atoms with E-state index in [1.807, 2.05) is 0 Å². The fourth-order valence-electron chi connectivity index (χ4n) is 12.4. The van der Waals surface area contributed by atoms with Crippen molar-refractivity contribution in [1.29, 1.82) is 0 Å². The molecule has 0 aromatic heterocycles. The van der Waals surface area contributed by atoms with E-state index >= 15 is 0 Å². The molecule has 494 valence electrons. The third-order valence-electron chi connectivity index (χ3n) is 18.1. The van der Waals surface area contributed by atoms with Gasteiger partial charge < -0.3 is 65.1 Å². The van der Waals surface area contributed by atoms with Gasteiger partial charge in [-0.2, -0.15) is 0 Å². The summed E-state index contributed by atoms with van der Waals surface area (Å²) in [6, 6.07) is -0.824. The van der Waals surface area contributed by atoms with Crippen molar-refractivity contribution in [1.82, 2.24) is 5.32 Å². The third kappa shape index (κ3) is 39.6. The van der Waals surface area contributed by atoms with Gasteiger partial charge >= 0.3 is 0 Å². The normalized spacial score (nSPS) is 23.7. The van der Waals surface area contributed by atoms with Crippen LogP contribution in [-0.4, -0.2) is 140 Å². The topological polar surface area (TPSA) is 228 Å². The van der Waals surface area contributed by atoms with Gasteiger partial charge in [0.05, 0.1) is 32.0 Å². The minimum atomic E-state index is -1.78. The molecule has 12 atom stereocenters. The molecule has 2 heterocycles. The summed E-state index contributed by atoms with van der Waals surface area (Å²) in [7, 11) is 0. The van der Waals surface area contributed by atoms with Crippen molar-refractivity contribution in [2.24, 2.45) is 0 Å². The highest BCUT2D eigenvalue weighted by molar-refractivity contribution is 5.76. The molecule has 9 N–H and O–H groups in total. The van der Waals surface area contributed by atoms with Gasteiger partial charge in [-0.25, -0.2) is 0 Å². The molecule has 2 aliphatic heterocycles. The van der Waals surface area contributed by atoms with Crippen molar-refractivity contribution in [3.05, 3.63) is 0 Å². The Labute approximate surface area is 508 Å². The highest BCUT2D eigenvalue weighted by atomic mass is 16.7. The summed E-state index contributed by atoms with van der Waals surface area (Å²) in [5, 5.41) is 87.6. The van der Waals surface area contributed by atoms with Crippen LogP contribution in [0, 0.1) is 0 Å². The molecule has 14 heteroatoms. The number of amides is 1. The van der Waals surface area contributed by atoms with Crippen LogP contribution in [0.4, 0.5) is 0 Å². The van der Waals surface area contributed by atoms with Gasteiger partial charge in [-0.3, -0.25) is 4.79 Å². The Kier molecular flexibility index (Phi) is 51.8. The van der Waals surface area contributed by atoms with Crippen LogP contribution in [0.3, 0.4) is 0 Å². The number of rotatable bonds is 60. The molecule has 1 amide bonds. The van der Waals surface area contributed by atoms with Crippen LogP contribution in [0.2, 0.25) is 0 Å². The van der Waals surface area contributed by atoms with Gasteiger partial charge in [0, 0.05) is 6.42 Å². The molecule has 2 fully saturated rings. The Bertz CT molecular complexity index is 1400. The summed E-state index contributed by atoms with van der Waals surface area (Å²) in [6.45, 7) is 2.93. The molecule has 0 saturated carbocycles. The molecule has 0 aromatic carbocycles. The second-order valence-corrected chi connectivity index (χ2v) is 25.7. The van der Waals surface area contributed by atoms with E-state index in [-0.39, 0.29) is 12.5 Å². The van der Waals surface area contributed by atoms with Crippen molar-refractivity contribution in [2.75, 3.05) is 19.8 Å². The van der Waals surface area contributed by atoms with Gasteiger partial charge in [0.25, 0.3) is 0 Å². The molecular weight excluding hydrogens is 1050 g/mol. The Balaban J connectivity index is 1.65. The minimum absolute atomic E-state index is 0.197. The van der Waals surface area contributed by atoms with Crippen LogP contribution in [-0.2, 0) is 23.7 Å². The number of aliphatic hydroxyl groups is 8. The number of hydrogen-bond donors (Lipinski definition) is 9. The first kappa shape index (κ1) is 78.1. The fourth-order valence-corrected chi connectivity index (χ4v) is 12.4. The standard InChI is InChI=1S/C69H135NO13/c1-3-5-7-9-11-13-15-17-19-21-23-25-27-28-29-30-31-33-35-37-39-41-43-45-47-49-51-53-61(74)70-57(56-80-68-66(79)64(77)67(60(55-72)82-68)83-69-65(78)63(76)62(75)59(54-71)81-69)58(73)52-50-48-46-44-42-40-38-36-34-32-26-24-22-20-18-16-14-12-10-8-6-4-2/h57-60,62-69,71-73,75-79H,3-56H2,1-2H3,(H,70,74). The number of unbranched alkanes of at least 4 members (excludes halogenated alkanes) is 47. The number of carbonyl (C=O) groups excluding carboxylic acids is 1. The van der Waals surface area contributed by atoms with Crippen molar-refractivity contribution in [3.63, 3.8) is 0 Å². The van der Waals surface area contributed by atoms with E-state index in [4.69, 9.17) is 18.9 Å². The Hall–Kier alpha value is -1.01. The van der Waals surface area contributed by atoms with Gasteiger partial charge in [-0.1, -0.05) is 322 Å². The predicted octanol–water partition coefficient (Wildman–Crippen LogP) is 14.4. The maximum Gasteiger partial charge on any atom is 0.220 e. The summed E-state index contributed by atoms with van der Waals surface area (Å²) >= 11 is 0. The molecule has 0 radical (unpaired) electrons. The predicted molar refractivity (Wildman–Crippen MR) is 337 cm³/mol. The number of nitrogens with one attached hydrogen (secondary N) is 1. The third-order valence-corrected chi connectivity index (χ3v) is 18.1. The summed E-state index contributed by atoms with van der Waals surface area (Å²) < 4.78 is 22.9.